The van der Waals surface area contributed by atoms with Gasteiger partial charge >= 0.3 is 0 Å². The summed E-state index contributed by atoms with van der Waals surface area (Å²) >= 11 is 0. The Morgan fingerprint density at radius 3 is 2.67 bits per heavy atom. The van der Waals surface area contributed by atoms with Crippen molar-refractivity contribution >= 4 is 11.7 Å². The molecule has 1 saturated heterocycles. The van der Waals surface area contributed by atoms with Crippen molar-refractivity contribution in [2.24, 2.45) is 22.2 Å². The van der Waals surface area contributed by atoms with E-state index >= 15 is 0 Å². The number of amidine groups is 1. The molecule has 1 fully saturated rings. The van der Waals surface area contributed by atoms with Crippen molar-refractivity contribution in [3.8, 4) is 0 Å². The summed E-state index contributed by atoms with van der Waals surface area (Å²) in [7, 11) is 2.08. The molecule has 2 atom stereocenters. The van der Waals surface area contributed by atoms with Gasteiger partial charge in [0, 0.05) is 12.6 Å². The number of likely N-dealkylation sites (tertiary alicyclic amines) is 1. The molecule has 0 aromatic rings. The Balaban J connectivity index is 2.65. The molecule has 1 aliphatic rings. The molecule has 0 radical (unpaired) electrons. The van der Waals surface area contributed by atoms with Gasteiger partial charge in [-0.1, -0.05) is 12.1 Å². The third-order valence-corrected chi connectivity index (χ3v) is 3.74. The van der Waals surface area contributed by atoms with Gasteiger partial charge in [-0.25, -0.2) is 0 Å². The summed E-state index contributed by atoms with van der Waals surface area (Å²) < 4.78 is 0. The molecular formula is C12H24N4O2. The number of carbonyl (C=O) groups excluding carboxylic acids is 1. The summed E-state index contributed by atoms with van der Waals surface area (Å²) in [6, 6.07) is 0.152. The summed E-state index contributed by atoms with van der Waals surface area (Å²) in [5, 5.41) is 14.6. The maximum absolute atomic E-state index is 12.2. The molecule has 0 aromatic carbocycles. The van der Waals surface area contributed by atoms with Crippen LogP contribution >= 0.6 is 0 Å². The van der Waals surface area contributed by atoms with Gasteiger partial charge in [-0.3, -0.25) is 4.79 Å². The first-order valence-electron chi connectivity index (χ1n) is 6.26. The molecule has 104 valence electrons. The third kappa shape index (κ3) is 3.13. The number of hydrogen-bond acceptors (Lipinski definition) is 4. The summed E-state index contributed by atoms with van der Waals surface area (Å²) in [6.07, 6.45) is 0.926. The lowest BCUT2D eigenvalue weighted by molar-refractivity contribution is -0.127. The minimum atomic E-state index is -0.988. The van der Waals surface area contributed by atoms with Crippen LogP contribution in [-0.4, -0.2) is 48.0 Å². The summed E-state index contributed by atoms with van der Waals surface area (Å²) in [5.41, 5.74) is 4.56. The summed E-state index contributed by atoms with van der Waals surface area (Å²) in [5.74, 6) is 0.135. The maximum atomic E-state index is 12.2. The lowest BCUT2D eigenvalue weighted by atomic mass is 9.88. The molecule has 0 saturated carbocycles. The number of oxime groups is 1. The molecule has 1 heterocycles. The second-order valence-corrected chi connectivity index (χ2v) is 5.72. The average Bonchev–Trinajstić information content (AvgIpc) is 2.31. The zero-order valence-electron chi connectivity index (χ0n) is 11.6. The molecule has 2 unspecified atom stereocenters. The first-order chi connectivity index (χ1) is 8.28. The van der Waals surface area contributed by atoms with E-state index in [9.17, 15) is 4.79 Å². The van der Waals surface area contributed by atoms with Crippen LogP contribution in [0.5, 0.6) is 0 Å². The molecule has 6 heteroatoms. The lowest BCUT2D eigenvalue weighted by Gasteiger charge is -2.36. The van der Waals surface area contributed by atoms with E-state index in [4.69, 9.17) is 10.9 Å². The van der Waals surface area contributed by atoms with Crippen molar-refractivity contribution in [1.29, 1.82) is 0 Å². The molecule has 1 rings (SSSR count). The second kappa shape index (κ2) is 5.56. The quantitative estimate of drug-likeness (QED) is 0.291. The van der Waals surface area contributed by atoms with Crippen LogP contribution in [0.3, 0.4) is 0 Å². The zero-order valence-corrected chi connectivity index (χ0v) is 11.6. The Labute approximate surface area is 108 Å². The SMILES string of the molecule is CC1CN(C)CCC1NC(=O)C(C)(C)C(N)=NO. The van der Waals surface area contributed by atoms with Crippen LogP contribution in [0.15, 0.2) is 5.16 Å². The second-order valence-electron chi connectivity index (χ2n) is 5.72. The van der Waals surface area contributed by atoms with Crippen molar-refractivity contribution in [3.63, 3.8) is 0 Å². The normalized spacial score (nSPS) is 27.0. The van der Waals surface area contributed by atoms with Crippen LogP contribution in [0.2, 0.25) is 0 Å². The molecule has 0 aliphatic carbocycles. The van der Waals surface area contributed by atoms with Gasteiger partial charge in [0.1, 0.15) is 5.41 Å². The number of nitrogens with two attached hydrogens (primary N) is 1. The van der Waals surface area contributed by atoms with Gasteiger partial charge in [0.05, 0.1) is 0 Å². The molecule has 4 N–H and O–H groups in total. The summed E-state index contributed by atoms with van der Waals surface area (Å²) in [6.45, 7) is 7.36. The molecule has 6 nitrogen and oxygen atoms in total. The van der Waals surface area contributed by atoms with Gasteiger partial charge in [0.25, 0.3) is 0 Å². The third-order valence-electron chi connectivity index (χ3n) is 3.74. The first kappa shape index (κ1) is 14.8. The monoisotopic (exact) mass is 256 g/mol. The van der Waals surface area contributed by atoms with E-state index in [0.29, 0.717) is 5.92 Å². The highest BCUT2D eigenvalue weighted by Gasteiger charge is 2.35. The highest BCUT2D eigenvalue weighted by molar-refractivity contribution is 6.05. The van der Waals surface area contributed by atoms with E-state index in [1.807, 2.05) is 0 Å². The van der Waals surface area contributed by atoms with Crippen LogP contribution in [0.4, 0.5) is 0 Å². The molecule has 1 amide bonds. The van der Waals surface area contributed by atoms with Crippen molar-refractivity contribution in [3.05, 3.63) is 0 Å². The Hall–Kier alpha value is -1.30. The van der Waals surface area contributed by atoms with Crippen molar-refractivity contribution in [2.45, 2.75) is 33.2 Å². The minimum Gasteiger partial charge on any atom is -0.409 e. The lowest BCUT2D eigenvalue weighted by Crippen LogP contribution is -2.54. The molecule has 1 aliphatic heterocycles. The van der Waals surface area contributed by atoms with Crippen LogP contribution in [-0.2, 0) is 4.79 Å². The first-order valence-corrected chi connectivity index (χ1v) is 6.26. The zero-order chi connectivity index (χ0) is 13.9. The predicted molar refractivity (Wildman–Crippen MR) is 70.4 cm³/mol. The van der Waals surface area contributed by atoms with E-state index in [1.54, 1.807) is 13.8 Å². The number of nitrogens with zero attached hydrogens (tertiary/aromatic N) is 2. The fourth-order valence-corrected chi connectivity index (χ4v) is 2.16. The van der Waals surface area contributed by atoms with Crippen LogP contribution in [0, 0.1) is 11.3 Å². The average molecular weight is 256 g/mol. The topological polar surface area (TPSA) is 91.0 Å². The van der Waals surface area contributed by atoms with Crippen LogP contribution < -0.4 is 11.1 Å². The minimum absolute atomic E-state index is 0.0689. The molecule has 0 bridgehead atoms. The standard InChI is InChI=1S/C12H24N4O2/c1-8-7-16(4)6-5-9(8)14-11(17)12(2,3)10(13)15-18/h8-9,18H,5-7H2,1-4H3,(H2,13,15)(H,14,17). The van der Waals surface area contributed by atoms with Crippen molar-refractivity contribution in [1.82, 2.24) is 10.2 Å². The van der Waals surface area contributed by atoms with Gasteiger partial charge in [-0.05, 0) is 39.8 Å². The molecular weight excluding hydrogens is 232 g/mol. The Morgan fingerprint density at radius 2 is 2.17 bits per heavy atom. The molecule has 18 heavy (non-hydrogen) atoms. The van der Waals surface area contributed by atoms with E-state index < -0.39 is 5.41 Å². The summed E-state index contributed by atoms with van der Waals surface area (Å²) in [4.78, 5) is 14.4. The van der Waals surface area contributed by atoms with E-state index in [1.165, 1.54) is 0 Å². The largest absolute Gasteiger partial charge is 0.409 e. The number of piperidine rings is 1. The fraction of sp³-hybridized carbons (Fsp3) is 0.833. The van der Waals surface area contributed by atoms with Gasteiger partial charge in [0.15, 0.2) is 5.84 Å². The van der Waals surface area contributed by atoms with Crippen LogP contribution in [0.1, 0.15) is 27.2 Å². The van der Waals surface area contributed by atoms with Gasteiger partial charge < -0.3 is 21.2 Å². The van der Waals surface area contributed by atoms with Crippen molar-refractivity contribution < 1.29 is 10.0 Å². The number of carbonyl (C=O) groups is 1. The van der Waals surface area contributed by atoms with Gasteiger partial charge in [-0.2, -0.15) is 0 Å². The van der Waals surface area contributed by atoms with E-state index in [0.717, 1.165) is 19.5 Å². The molecule has 0 spiro atoms. The Morgan fingerprint density at radius 1 is 1.56 bits per heavy atom. The van der Waals surface area contributed by atoms with Crippen LogP contribution in [0.25, 0.3) is 0 Å². The fourth-order valence-electron chi connectivity index (χ4n) is 2.16. The Bertz CT molecular complexity index is 341. The number of nitrogens with one attached hydrogen (secondary N) is 1. The number of amides is 1. The smallest absolute Gasteiger partial charge is 0.233 e. The highest BCUT2D eigenvalue weighted by Crippen LogP contribution is 2.20. The van der Waals surface area contributed by atoms with E-state index in [-0.39, 0.29) is 17.8 Å². The van der Waals surface area contributed by atoms with E-state index in [2.05, 4.69) is 29.3 Å². The predicted octanol–water partition coefficient (Wildman–Crippen LogP) is 0.215. The number of hydrogen-bond donors (Lipinski definition) is 3. The molecule has 0 aromatic heterocycles. The maximum Gasteiger partial charge on any atom is 0.233 e. The Kier molecular flexibility index (Phi) is 4.56. The van der Waals surface area contributed by atoms with Gasteiger partial charge in [-0.15, -0.1) is 0 Å². The highest BCUT2D eigenvalue weighted by atomic mass is 16.4. The van der Waals surface area contributed by atoms with Gasteiger partial charge in [0.2, 0.25) is 5.91 Å². The van der Waals surface area contributed by atoms with Crippen molar-refractivity contribution in [2.75, 3.05) is 20.1 Å². The number of rotatable bonds is 3.